The Bertz CT molecular complexity index is 367. The number of nitrogen functional groups attached to an aromatic ring is 1. The van der Waals surface area contributed by atoms with Crippen LogP contribution in [0.4, 0.5) is 11.5 Å². The van der Waals surface area contributed by atoms with Crippen LogP contribution in [0.2, 0.25) is 0 Å². The molecule has 5 heteroatoms. The van der Waals surface area contributed by atoms with Crippen LogP contribution in [0.3, 0.4) is 0 Å². The van der Waals surface area contributed by atoms with E-state index >= 15 is 0 Å². The fourth-order valence-corrected chi connectivity index (χ4v) is 1.74. The summed E-state index contributed by atoms with van der Waals surface area (Å²) >= 11 is 0. The summed E-state index contributed by atoms with van der Waals surface area (Å²) in [6.07, 6.45) is 0. The van der Waals surface area contributed by atoms with E-state index in [1.54, 1.807) is 0 Å². The zero-order valence-electron chi connectivity index (χ0n) is 11.9. The minimum atomic E-state index is 0.322. The first-order valence-corrected chi connectivity index (χ1v) is 6.05. The molecule has 0 saturated carbocycles. The molecule has 0 aliphatic carbocycles. The molecule has 0 aromatic carbocycles. The van der Waals surface area contributed by atoms with Gasteiger partial charge in [-0.1, -0.05) is 0 Å². The average Bonchev–Trinajstić information content (AvgIpc) is 2.52. The Labute approximate surface area is 104 Å². The fourth-order valence-electron chi connectivity index (χ4n) is 1.74. The fraction of sp³-hybridized carbons (Fsp3) is 0.750. The molecule has 1 aromatic rings. The van der Waals surface area contributed by atoms with E-state index in [1.165, 1.54) is 0 Å². The number of rotatable bonds is 5. The van der Waals surface area contributed by atoms with E-state index < -0.39 is 0 Å². The summed E-state index contributed by atoms with van der Waals surface area (Å²) in [7, 11) is 6.21. The summed E-state index contributed by atoms with van der Waals surface area (Å²) in [4.78, 5) is 4.34. The van der Waals surface area contributed by atoms with Gasteiger partial charge in [-0.3, -0.25) is 0 Å². The predicted molar refractivity (Wildman–Crippen MR) is 73.6 cm³/mol. The lowest BCUT2D eigenvalue weighted by atomic mass is 10.3. The standard InChI is InChI=1S/C12H25N5/c1-9(2)17-12(11(13)10(3)14-17)16(6)8-7-15(4)5/h9H,7-8,13H2,1-6H3. The minimum absolute atomic E-state index is 0.322. The maximum Gasteiger partial charge on any atom is 0.150 e. The molecule has 1 heterocycles. The van der Waals surface area contributed by atoms with Crippen molar-refractivity contribution < 1.29 is 0 Å². The van der Waals surface area contributed by atoms with Gasteiger partial charge in [-0.25, -0.2) is 4.68 Å². The molecule has 17 heavy (non-hydrogen) atoms. The molecule has 0 bridgehead atoms. The van der Waals surface area contributed by atoms with Gasteiger partial charge in [0.05, 0.1) is 11.4 Å². The van der Waals surface area contributed by atoms with Gasteiger partial charge in [-0.2, -0.15) is 5.10 Å². The van der Waals surface area contributed by atoms with E-state index in [2.05, 4.69) is 49.9 Å². The van der Waals surface area contributed by atoms with Gasteiger partial charge in [-0.15, -0.1) is 0 Å². The second-order valence-electron chi connectivity index (χ2n) is 5.09. The summed E-state index contributed by atoms with van der Waals surface area (Å²) in [6, 6.07) is 0.322. The molecule has 0 amide bonds. The van der Waals surface area contributed by atoms with Gasteiger partial charge >= 0.3 is 0 Å². The second kappa shape index (κ2) is 5.40. The minimum Gasteiger partial charge on any atom is -0.394 e. The maximum absolute atomic E-state index is 6.11. The largest absolute Gasteiger partial charge is 0.394 e. The van der Waals surface area contributed by atoms with Gasteiger partial charge in [-0.05, 0) is 34.9 Å². The number of hydrogen-bond donors (Lipinski definition) is 1. The van der Waals surface area contributed by atoms with Crippen molar-refractivity contribution in [2.75, 3.05) is 44.9 Å². The molecule has 0 aliphatic rings. The van der Waals surface area contributed by atoms with Crippen LogP contribution in [-0.4, -0.2) is 48.9 Å². The number of likely N-dealkylation sites (N-methyl/N-ethyl adjacent to an activating group) is 2. The first kappa shape index (κ1) is 13.8. The monoisotopic (exact) mass is 239 g/mol. The maximum atomic E-state index is 6.11. The molecule has 1 aromatic heterocycles. The Morgan fingerprint density at radius 3 is 2.29 bits per heavy atom. The van der Waals surface area contributed by atoms with Crippen LogP contribution in [0.25, 0.3) is 0 Å². The highest BCUT2D eigenvalue weighted by atomic mass is 15.4. The Hall–Kier alpha value is -1.23. The Balaban J connectivity index is 2.94. The van der Waals surface area contributed by atoms with Crippen LogP contribution in [0.5, 0.6) is 0 Å². The predicted octanol–water partition coefficient (Wildman–Crippen LogP) is 1.35. The van der Waals surface area contributed by atoms with E-state index in [0.717, 1.165) is 30.3 Å². The molecule has 1 rings (SSSR count). The first-order valence-electron chi connectivity index (χ1n) is 6.05. The van der Waals surface area contributed by atoms with Crippen LogP contribution in [0, 0.1) is 6.92 Å². The zero-order chi connectivity index (χ0) is 13.2. The zero-order valence-corrected chi connectivity index (χ0v) is 11.9. The van der Waals surface area contributed by atoms with Gasteiger partial charge in [0.15, 0.2) is 5.82 Å². The molecule has 0 aliphatic heterocycles. The lowest BCUT2D eigenvalue weighted by Crippen LogP contribution is -2.30. The lowest BCUT2D eigenvalue weighted by Gasteiger charge is -2.24. The van der Waals surface area contributed by atoms with Crippen molar-refractivity contribution in [1.29, 1.82) is 0 Å². The third-order valence-corrected chi connectivity index (χ3v) is 2.84. The molecule has 0 fully saturated rings. The molecule has 5 nitrogen and oxygen atoms in total. The molecule has 98 valence electrons. The molecule has 0 saturated heterocycles. The number of nitrogens with zero attached hydrogens (tertiary/aromatic N) is 4. The molecular weight excluding hydrogens is 214 g/mol. The van der Waals surface area contributed by atoms with Crippen LogP contribution in [0.1, 0.15) is 25.6 Å². The van der Waals surface area contributed by atoms with Crippen molar-refractivity contribution in [1.82, 2.24) is 14.7 Å². The number of anilines is 2. The normalized spacial score (nSPS) is 11.5. The SMILES string of the molecule is Cc1nn(C(C)C)c(N(C)CCN(C)C)c1N. The Morgan fingerprint density at radius 1 is 1.24 bits per heavy atom. The molecule has 0 spiro atoms. The second-order valence-corrected chi connectivity index (χ2v) is 5.09. The summed E-state index contributed by atoms with van der Waals surface area (Å²) in [5.74, 6) is 1.03. The third kappa shape index (κ3) is 3.12. The summed E-state index contributed by atoms with van der Waals surface area (Å²) in [5, 5.41) is 4.49. The molecule has 0 unspecified atom stereocenters. The van der Waals surface area contributed by atoms with E-state index in [1.807, 2.05) is 11.6 Å². The summed E-state index contributed by atoms with van der Waals surface area (Å²) in [5.41, 5.74) is 7.81. The Kier molecular flexibility index (Phi) is 4.40. The first-order chi connectivity index (χ1) is 7.84. The topological polar surface area (TPSA) is 50.3 Å². The van der Waals surface area contributed by atoms with Crippen molar-refractivity contribution >= 4 is 11.5 Å². The molecule has 0 atom stereocenters. The van der Waals surface area contributed by atoms with E-state index in [0.29, 0.717) is 6.04 Å². The van der Waals surface area contributed by atoms with Crippen molar-refractivity contribution in [2.45, 2.75) is 26.8 Å². The van der Waals surface area contributed by atoms with Crippen LogP contribution in [-0.2, 0) is 0 Å². The van der Waals surface area contributed by atoms with Gasteiger partial charge in [0.25, 0.3) is 0 Å². The highest BCUT2D eigenvalue weighted by Gasteiger charge is 2.17. The quantitative estimate of drug-likeness (QED) is 0.843. The van der Waals surface area contributed by atoms with Crippen molar-refractivity contribution in [3.05, 3.63) is 5.69 Å². The average molecular weight is 239 g/mol. The van der Waals surface area contributed by atoms with Crippen molar-refractivity contribution in [2.24, 2.45) is 0 Å². The van der Waals surface area contributed by atoms with Crippen molar-refractivity contribution in [3.63, 3.8) is 0 Å². The molecular formula is C12H25N5. The third-order valence-electron chi connectivity index (χ3n) is 2.84. The number of nitrogens with two attached hydrogens (primary N) is 1. The Morgan fingerprint density at radius 2 is 1.82 bits per heavy atom. The number of aromatic nitrogens is 2. The highest BCUT2D eigenvalue weighted by molar-refractivity contribution is 5.66. The van der Waals surface area contributed by atoms with E-state index in [4.69, 9.17) is 5.73 Å². The molecule has 0 radical (unpaired) electrons. The van der Waals surface area contributed by atoms with E-state index in [-0.39, 0.29) is 0 Å². The van der Waals surface area contributed by atoms with Crippen LogP contribution in [0.15, 0.2) is 0 Å². The number of aryl methyl sites for hydroxylation is 1. The van der Waals surface area contributed by atoms with Crippen LogP contribution < -0.4 is 10.6 Å². The van der Waals surface area contributed by atoms with Gasteiger partial charge in [0.1, 0.15) is 0 Å². The smallest absolute Gasteiger partial charge is 0.150 e. The van der Waals surface area contributed by atoms with Crippen molar-refractivity contribution in [3.8, 4) is 0 Å². The number of hydrogen-bond acceptors (Lipinski definition) is 4. The lowest BCUT2D eigenvalue weighted by molar-refractivity contribution is 0.414. The van der Waals surface area contributed by atoms with Crippen LogP contribution >= 0.6 is 0 Å². The van der Waals surface area contributed by atoms with Gasteiger partial charge in [0.2, 0.25) is 0 Å². The molecule has 2 N–H and O–H groups in total. The summed E-state index contributed by atoms with van der Waals surface area (Å²) < 4.78 is 2.00. The highest BCUT2D eigenvalue weighted by Crippen LogP contribution is 2.28. The van der Waals surface area contributed by atoms with E-state index in [9.17, 15) is 0 Å². The summed E-state index contributed by atoms with van der Waals surface area (Å²) in [6.45, 7) is 8.13. The van der Waals surface area contributed by atoms with Gasteiger partial charge in [0, 0.05) is 26.2 Å². The van der Waals surface area contributed by atoms with Gasteiger partial charge < -0.3 is 15.5 Å².